The molecule has 0 aromatic heterocycles. The number of halogens is 8. The van der Waals surface area contributed by atoms with Crippen molar-refractivity contribution in [3.05, 3.63) is 0 Å². The highest BCUT2D eigenvalue weighted by atomic mass is 35.6. The third-order valence-corrected chi connectivity index (χ3v) is 6.01. The van der Waals surface area contributed by atoms with Gasteiger partial charge in [0.1, 0.15) is 6.34 Å². The van der Waals surface area contributed by atoms with Gasteiger partial charge in [-0.05, 0) is 6.42 Å². The van der Waals surface area contributed by atoms with E-state index in [1.807, 2.05) is 0 Å². The second kappa shape index (κ2) is 8.31. The minimum Gasteiger partial charge on any atom is -0.300 e. The number of unbranched alkanes of at least 4 members (excludes halogenated alkanes) is 3. The van der Waals surface area contributed by atoms with Crippen LogP contribution >= 0.6 is 92.8 Å². The van der Waals surface area contributed by atoms with E-state index < -0.39 is 18.2 Å². The van der Waals surface area contributed by atoms with Crippen LogP contribution in [-0.4, -0.2) is 41.0 Å². The van der Waals surface area contributed by atoms with Crippen LogP contribution in [0, 0.1) is 0 Å². The van der Waals surface area contributed by atoms with Gasteiger partial charge in [-0.15, -0.1) is 0 Å². The zero-order valence-electron chi connectivity index (χ0n) is 11.6. The number of rotatable bonds is 6. The van der Waals surface area contributed by atoms with Crippen molar-refractivity contribution in [1.82, 2.24) is 9.91 Å². The van der Waals surface area contributed by atoms with Crippen LogP contribution in [0.2, 0.25) is 0 Å². The second-order valence-electron chi connectivity index (χ2n) is 4.82. The molecule has 1 aliphatic heterocycles. The van der Waals surface area contributed by atoms with E-state index in [2.05, 4.69) is 12.0 Å². The first kappa shape index (κ1) is 21.6. The summed E-state index contributed by atoms with van der Waals surface area (Å²) in [5, 5.41) is 5.76. The monoisotopic (exact) mass is 469 g/mol. The van der Waals surface area contributed by atoms with E-state index in [-0.39, 0.29) is 0 Å². The van der Waals surface area contributed by atoms with Gasteiger partial charge in [-0.3, -0.25) is 9.91 Å². The van der Waals surface area contributed by atoms with Crippen molar-refractivity contribution in [2.24, 2.45) is 5.10 Å². The zero-order valence-corrected chi connectivity index (χ0v) is 17.6. The minimum atomic E-state index is -2.03. The fraction of sp³-hybridized carbons (Fsp3) is 0.909. The van der Waals surface area contributed by atoms with Gasteiger partial charge in [0.25, 0.3) is 0 Å². The Balaban J connectivity index is 2.90. The van der Waals surface area contributed by atoms with Gasteiger partial charge in [0, 0.05) is 6.54 Å². The molecule has 1 aliphatic rings. The van der Waals surface area contributed by atoms with E-state index in [0.29, 0.717) is 6.54 Å². The molecule has 0 bridgehead atoms. The van der Waals surface area contributed by atoms with E-state index in [1.165, 1.54) is 11.2 Å². The van der Waals surface area contributed by atoms with Crippen molar-refractivity contribution < 1.29 is 0 Å². The summed E-state index contributed by atoms with van der Waals surface area (Å²) in [5.41, 5.74) is 0. The molecular weight excluding hydrogens is 458 g/mol. The number of alkyl halides is 8. The van der Waals surface area contributed by atoms with Crippen LogP contribution in [0.3, 0.4) is 0 Å². The highest BCUT2D eigenvalue weighted by Crippen LogP contribution is 2.52. The van der Waals surface area contributed by atoms with Crippen LogP contribution < -0.4 is 0 Å². The Kier molecular flexibility index (Phi) is 8.17. The Morgan fingerprint density at radius 3 is 2.00 bits per heavy atom. The molecule has 0 radical (unpaired) electrons. The predicted octanol–water partition coefficient (Wildman–Crippen LogP) is 6.33. The maximum atomic E-state index is 6.17. The Labute approximate surface area is 170 Å². The number of hydrogen-bond acceptors (Lipinski definition) is 3. The van der Waals surface area contributed by atoms with Gasteiger partial charge in [-0.25, -0.2) is 0 Å². The smallest absolute Gasteiger partial charge is 0.241 e. The summed E-state index contributed by atoms with van der Waals surface area (Å²) >= 11 is 48.0. The van der Waals surface area contributed by atoms with Crippen LogP contribution in [0.5, 0.6) is 0 Å². The molecule has 0 N–H and O–H groups in total. The highest BCUT2D eigenvalue weighted by Gasteiger charge is 2.58. The maximum absolute atomic E-state index is 6.17. The van der Waals surface area contributed by atoms with Crippen LogP contribution in [-0.2, 0) is 0 Å². The molecule has 0 spiro atoms. The van der Waals surface area contributed by atoms with E-state index >= 15 is 0 Å². The number of nitrogens with zero attached hydrogens (tertiary/aromatic N) is 3. The van der Waals surface area contributed by atoms with Crippen LogP contribution in [0.4, 0.5) is 0 Å². The summed E-state index contributed by atoms with van der Waals surface area (Å²) in [7, 11) is 0. The number of hydrazone groups is 1. The first-order valence-corrected chi connectivity index (χ1v) is 9.55. The second-order valence-corrected chi connectivity index (χ2v) is 10.8. The molecule has 22 heavy (non-hydrogen) atoms. The van der Waals surface area contributed by atoms with Crippen LogP contribution in [0.15, 0.2) is 5.10 Å². The molecule has 0 fully saturated rings. The van der Waals surface area contributed by atoms with Gasteiger partial charge >= 0.3 is 0 Å². The fourth-order valence-corrected chi connectivity index (χ4v) is 3.19. The Morgan fingerprint density at radius 1 is 0.955 bits per heavy atom. The van der Waals surface area contributed by atoms with E-state index in [1.54, 1.807) is 5.01 Å². The molecule has 1 unspecified atom stereocenters. The van der Waals surface area contributed by atoms with Crippen molar-refractivity contribution >= 4 is 99.1 Å². The van der Waals surface area contributed by atoms with Crippen molar-refractivity contribution in [1.29, 1.82) is 0 Å². The summed E-state index contributed by atoms with van der Waals surface area (Å²) in [4.78, 5) is 1.23. The molecule has 130 valence electrons. The Bertz CT molecular complexity index is 390. The quantitative estimate of drug-likeness (QED) is 0.256. The van der Waals surface area contributed by atoms with E-state index in [4.69, 9.17) is 92.8 Å². The molecule has 3 nitrogen and oxygen atoms in total. The van der Waals surface area contributed by atoms with Gasteiger partial charge in [-0.1, -0.05) is 119 Å². The largest absolute Gasteiger partial charge is 0.300 e. The topological polar surface area (TPSA) is 18.8 Å². The molecule has 0 saturated heterocycles. The molecular formula is C11H15Cl8N3. The summed E-state index contributed by atoms with van der Waals surface area (Å²) in [5.74, 6) is 0. The van der Waals surface area contributed by atoms with Gasteiger partial charge < -0.3 is 0 Å². The molecule has 1 heterocycles. The Hall–Kier alpha value is 1.59. The van der Waals surface area contributed by atoms with Gasteiger partial charge in [0.2, 0.25) is 12.0 Å². The summed E-state index contributed by atoms with van der Waals surface area (Å²) < 4.78 is -5.74. The maximum Gasteiger partial charge on any atom is 0.241 e. The van der Waals surface area contributed by atoms with Gasteiger partial charge in [-0.2, -0.15) is 5.10 Å². The molecule has 1 atom stereocenters. The van der Waals surface area contributed by atoms with Crippen LogP contribution in [0.25, 0.3) is 0 Å². The molecule has 0 amide bonds. The lowest BCUT2D eigenvalue weighted by Crippen LogP contribution is -2.58. The lowest BCUT2D eigenvalue weighted by molar-refractivity contribution is 0.114. The zero-order chi connectivity index (χ0) is 17.2. The van der Waals surface area contributed by atoms with Gasteiger partial charge in [0.15, 0.2) is 6.17 Å². The Morgan fingerprint density at radius 2 is 1.55 bits per heavy atom. The molecule has 0 aliphatic carbocycles. The number of hydrogen-bond donors (Lipinski definition) is 0. The molecule has 1 rings (SSSR count). The van der Waals surface area contributed by atoms with E-state index in [0.717, 1.165) is 25.7 Å². The first-order valence-electron chi connectivity index (χ1n) is 6.53. The predicted molar refractivity (Wildman–Crippen MR) is 100.0 cm³/mol. The van der Waals surface area contributed by atoms with Gasteiger partial charge in [0.05, 0.1) is 0 Å². The fourth-order valence-electron chi connectivity index (χ4n) is 1.97. The summed E-state index contributed by atoms with van der Waals surface area (Å²) in [6.45, 7) is 2.69. The minimum absolute atomic E-state index is 0.565. The lowest BCUT2D eigenvalue weighted by atomic mass is 10.2. The van der Waals surface area contributed by atoms with Crippen molar-refractivity contribution in [3.8, 4) is 0 Å². The lowest BCUT2D eigenvalue weighted by Gasteiger charge is -2.43. The summed E-state index contributed by atoms with van der Waals surface area (Å²) in [6, 6.07) is 0. The average molecular weight is 473 g/mol. The van der Waals surface area contributed by atoms with Crippen LogP contribution in [0.1, 0.15) is 32.6 Å². The normalized spacial score (nSPS) is 20.1. The van der Waals surface area contributed by atoms with Crippen molar-refractivity contribution in [2.45, 2.75) is 50.8 Å². The SMILES string of the molecule is CCCCCCN1N=CN(C(Cl)(Cl)C(Cl)(Cl)Cl)C1C(Cl)(Cl)Cl. The third-order valence-electron chi connectivity index (χ3n) is 3.07. The molecule has 0 aromatic carbocycles. The first-order chi connectivity index (χ1) is 9.93. The average Bonchev–Trinajstić information content (AvgIpc) is 2.77. The van der Waals surface area contributed by atoms with Crippen molar-refractivity contribution in [3.63, 3.8) is 0 Å². The molecule has 0 saturated carbocycles. The third kappa shape index (κ3) is 5.29. The molecule has 0 aromatic rings. The standard InChI is InChI=1S/C11H15Cl8N3/c1-2-3-4-5-6-22-8(9(12,13)14)21(7-20-22)11(18,19)10(15,16)17/h7-8H,2-6H2,1H3. The van der Waals surface area contributed by atoms with Crippen molar-refractivity contribution in [2.75, 3.05) is 6.54 Å². The molecule has 11 heteroatoms. The van der Waals surface area contributed by atoms with E-state index in [9.17, 15) is 0 Å². The highest BCUT2D eigenvalue weighted by molar-refractivity contribution is 6.75. The summed E-state index contributed by atoms with van der Waals surface area (Å²) in [6.07, 6.45) is 4.57.